The number of amides is 1. The highest BCUT2D eigenvalue weighted by Gasteiger charge is 2.33. The lowest BCUT2D eigenvalue weighted by molar-refractivity contribution is -0.127. The predicted molar refractivity (Wildman–Crippen MR) is 106 cm³/mol. The van der Waals surface area contributed by atoms with Crippen LogP contribution < -0.4 is 5.32 Å². The van der Waals surface area contributed by atoms with Gasteiger partial charge in [0.2, 0.25) is 5.91 Å². The number of aryl methyl sites for hydroxylation is 2. The third-order valence-electron chi connectivity index (χ3n) is 5.46. The van der Waals surface area contributed by atoms with Crippen molar-refractivity contribution >= 4 is 23.2 Å². The minimum absolute atomic E-state index is 0.0695. The van der Waals surface area contributed by atoms with Crippen LogP contribution in [0, 0.1) is 19.8 Å². The number of carbonyl (C=O) groups is 2. The van der Waals surface area contributed by atoms with Crippen molar-refractivity contribution in [1.82, 2.24) is 10.3 Å². The molecule has 1 amide bonds. The first kappa shape index (κ1) is 19.5. The van der Waals surface area contributed by atoms with Gasteiger partial charge in [-0.15, -0.1) is 11.3 Å². The fourth-order valence-corrected chi connectivity index (χ4v) is 4.71. The van der Waals surface area contributed by atoms with Crippen molar-refractivity contribution in [2.75, 3.05) is 0 Å². The molecule has 5 nitrogen and oxygen atoms in total. The van der Waals surface area contributed by atoms with Crippen molar-refractivity contribution in [2.45, 2.75) is 58.4 Å². The Labute approximate surface area is 163 Å². The summed E-state index contributed by atoms with van der Waals surface area (Å²) in [6, 6.07) is 6.87. The van der Waals surface area contributed by atoms with Crippen LogP contribution in [-0.2, 0) is 4.79 Å². The summed E-state index contributed by atoms with van der Waals surface area (Å²) in [6.45, 7) is 6.01. The smallest absolute Gasteiger partial charge is 0.335 e. The molecule has 0 saturated heterocycles. The molecule has 0 bridgehead atoms. The monoisotopic (exact) mass is 386 g/mol. The summed E-state index contributed by atoms with van der Waals surface area (Å²) in [7, 11) is 0. The van der Waals surface area contributed by atoms with Gasteiger partial charge >= 0.3 is 5.97 Å². The maximum absolute atomic E-state index is 13.0. The Morgan fingerprint density at radius 2 is 1.85 bits per heavy atom. The van der Waals surface area contributed by atoms with Gasteiger partial charge in [-0.25, -0.2) is 9.78 Å². The molecule has 0 aliphatic heterocycles. The summed E-state index contributed by atoms with van der Waals surface area (Å²) in [6.07, 6.45) is 3.95. The standard InChI is InChI=1S/C21H26N2O3S/c1-12-14(3)27-20(23-12)13(2)22-19(24)18-7-5-4-6-17(18)15-8-10-16(11-9-15)21(25)26/h8-11,13,17-18H,4-7H2,1-3H3,(H,22,24)(H,25,26)/t13?,17-,18+/m1/s1. The summed E-state index contributed by atoms with van der Waals surface area (Å²) in [4.78, 5) is 29.8. The number of aromatic carboxylic acids is 1. The van der Waals surface area contributed by atoms with E-state index in [1.807, 2.05) is 32.9 Å². The van der Waals surface area contributed by atoms with Crippen LogP contribution in [0.25, 0.3) is 0 Å². The van der Waals surface area contributed by atoms with Gasteiger partial charge in [-0.3, -0.25) is 4.79 Å². The Hall–Kier alpha value is -2.21. The summed E-state index contributed by atoms with van der Waals surface area (Å²) < 4.78 is 0. The van der Waals surface area contributed by atoms with Crippen LogP contribution in [0.5, 0.6) is 0 Å². The van der Waals surface area contributed by atoms with Crippen molar-refractivity contribution in [3.8, 4) is 0 Å². The molecule has 1 aromatic carbocycles. The maximum atomic E-state index is 13.0. The van der Waals surface area contributed by atoms with Gasteiger partial charge in [0.1, 0.15) is 5.01 Å². The number of nitrogens with one attached hydrogen (secondary N) is 1. The summed E-state index contributed by atoms with van der Waals surface area (Å²) in [5.74, 6) is -0.810. The van der Waals surface area contributed by atoms with Crippen LogP contribution in [0.2, 0.25) is 0 Å². The van der Waals surface area contributed by atoms with Crippen molar-refractivity contribution < 1.29 is 14.7 Å². The molecule has 27 heavy (non-hydrogen) atoms. The van der Waals surface area contributed by atoms with Crippen LogP contribution in [0.1, 0.15) is 76.1 Å². The number of hydrogen-bond donors (Lipinski definition) is 2. The van der Waals surface area contributed by atoms with Gasteiger partial charge in [0.05, 0.1) is 17.3 Å². The molecule has 6 heteroatoms. The maximum Gasteiger partial charge on any atom is 0.335 e. The lowest BCUT2D eigenvalue weighted by Gasteiger charge is -2.31. The molecule has 3 rings (SSSR count). The molecule has 1 aliphatic rings. The van der Waals surface area contributed by atoms with Crippen molar-refractivity contribution in [3.63, 3.8) is 0 Å². The first-order valence-electron chi connectivity index (χ1n) is 9.44. The Morgan fingerprint density at radius 3 is 2.44 bits per heavy atom. The molecule has 1 unspecified atom stereocenters. The zero-order chi connectivity index (χ0) is 19.6. The van der Waals surface area contributed by atoms with Crippen LogP contribution in [0.4, 0.5) is 0 Å². The molecule has 0 spiro atoms. The lowest BCUT2D eigenvalue weighted by Crippen LogP contribution is -2.37. The van der Waals surface area contributed by atoms with Crippen molar-refractivity contribution in [1.29, 1.82) is 0 Å². The quantitative estimate of drug-likeness (QED) is 0.786. The summed E-state index contributed by atoms with van der Waals surface area (Å²) >= 11 is 1.63. The molecule has 144 valence electrons. The fraction of sp³-hybridized carbons (Fsp3) is 0.476. The van der Waals surface area contributed by atoms with E-state index >= 15 is 0 Å². The van der Waals surface area contributed by atoms with E-state index < -0.39 is 5.97 Å². The van der Waals surface area contributed by atoms with Gasteiger partial charge in [-0.1, -0.05) is 25.0 Å². The fourth-order valence-electron chi connectivity index (χ4n) is 3.78. The highest BCUT2D eigenvalue weighted by molar-refractivity contribution is 7.11. The predicted octanol–water partition coefficient (Wildman–Crippen LogP) is 4.61. The first-order valence-corrected chi connectivity index (χ1v) is 10.3. The molecule has 1 heterocycles. The molecule has 2 N–H and O–H groups in total. The number of carbonyl (C=O) groups excluding carboxylic acids is 1. The lowest BCUT2D eigenvalue weighted by atomic mass is 9.75. The molecule has 1 saturated carbocycles. The van der Waals surface area contributed by atoms with E-state index in [2.05, 4.69) is 10.3 Å². The normalized spacial score (nSPS) is 20.9. The number of nitrogens with zero attached hydrogens (tertiary/aromatic N) is 1. The average Bonchev–Trinajstić information content (AvgIpc) is 3.00. The van der Waals surface area contributed by atoms with E-state index in [4.69, 9.17) is 5.11 Å². The topological polar surface area (TPSA) is 79.3 Å². The Balaban J connectivity index is 1.74. The van der Waals surface area contributed by atoms with Crippen LogP contribution in [0.3, 0.4) is 0 Å². The largest absolute Gasteiger partial charge is 0.478 e. The van der Waals surface area contributed by atoms with E-state index in [1.54, 1.807) is 23.5 Å². The second kappa shape index (κ2) is 8.21. The van der Waals surface area contributed by atoms with Crippen LogP contribution in [-0.4, -0.2) is 22.0 Å². The van der Waals surface area contributed by atoms with E-state index in [1.165, 1.54) is 4.88 Å². The third-order valence-corrected chi connectivity index (χ3v) is 6.72. The highest BCUT2D eigenvalue weighted by Crippen LogP contribution is 2.38. The molecule has 1 aliphatic carbocycles. The zero-order valence-electron chi connectivity index (χ0n) is 16.0. The van der Waals surface area contributed by atoms with Gasteiger partial charge in [-0.05, 0) is 57.2 Å². The second-order valence-corrected chi connectivity index (χ2v) is 8.58. The van der Waals surface area contributed by atoms with Gasteiger partial charge in [0, 0.05) is 10.8 Å². The SMILES string of the molecule is Cc1nc(C(C)NC(=O)[C@H]2CCCC[C@@H]2c2ccc(C(=O)O)cc2)sc1C. The molecule has 3 atom stereocenters. The van der Waals surface area contributed by atoms with Crippen LogP contribution in [0.15, 0.2) is 24.3 Å². The number of carboxylic acid groups (broad SMARTS) is 1. The number of aromatic nitrogens is 1. The van der Waals surface area contributed by atoms with E-state index in [0.29, 0.717) is 0 Å². The van der Waals surface area contributed by atoms with Crippen LogP contribution >= 0.6 is 11.3 Å². The van der Waals surface area contributed by atoms with E-state index in [0.717, 1.165) is 41.9 Å². The summed E-state index contributed by atoms with van der Waals surface area (Å²) in [5.41, 5.74) is 2.34. The van der Waals surface area contributed by atoms with Gasteiger partial charge in [0.25, 0.3) is 0 Å². The third kappa shape index (κ3) is 4.38. The number of benzene rings is 1. The number of hydrogen-bond acceptors (Lipinski definition) is 4. The molecular weight excluding hydrogens is 360 g/mol. The molecule has 2 aromatic rings. The Kier molecular flexibility index (Phi) is 5.95. The average molecular weight is 387 g/mol. The second-order valence-electron chi connectivity index (χ2n) is 7.35. The highest BCUT2D eigenvalue weighted by atomic mass is 32.1. The number of thiazole rings is 1. The molecule has 1 aromatic heterocycles. The van der Waals surface area contributed by atoms with E-state index in [-0.39, 0.29) is 29.3 Å². The molecular formula is C21H26N2O3S. The summed E-state index contributed by atoms with van der Waals surface area (Å²) in [5, 5.41) is 13.2. The first-order chi connectivity index (χ1) is 12.9. The van der Waals surface area contributed by atoms with Crippen molar-refractivity contribution in [2.24, 2.45) is 5.92 Å². The van der Waals surface area contributed by atoms with Gasteiger partial charge in [-0.2, -0.15) is 0 Å². The van der Waals surface area contributed by atoms with E-state index in [9.17, 15) is 9.59 Å². The minimum Gasteiger partial charge on any atom is -0.478 e. The Bertz CT molecular complexity index is 809. The van der Waals surface area contributed by atoms with Gasteiger partial charge < -0.3 is 10.4 Å². The molecule has 0 radical (unpaired) electrons. The van der Waals surface area contributed by atoms with Gasteiger partial charge in [0.15, 0.2) is 0 Å². The number of carboxylic acids is 1. The zero-order valence-corrected chi connectivity index (χ0v) is 16.8. The Morgan fingerprint density at radius 1 is 1.19 bits per heavy atom. The van der Waals surface area contributed by atoms with Crippen molar-refractivity contribution in [3.05, 3.63) is 51.0 Å². The number of rotatable bonds is 5. The minimum atomic E-state index is -0.928. The molecule has 1 fully saturated rings.